The van der Waals surface area contributed by atoms with Crippen molar-refractivity contribution in [3.05, 3.63) is 69.8 Å². The van der Waals surface area contributed by atoms with Crippen LogP contribution in [-0.2, 0) is 12.8 Å². The minimum absolute atomic E-state index is 0.193. The van der Waals surface area contributed by atoms with Gasteiger partial charge in [0.15, 0.2) is 0 Å². The van der Waals surface area contributed by atoms with E-state index in [0.29, 0.717) is 6.04 Å². The van der Waals surface area contributed by atoms with Crippen LogP contribution in [0.15, 0.2) is 48.5 Å². The number of anilines is 1. The van der Waals surface area contributed by atoms with Crippen molar-refractivity contribution in [3.8, 4) is 0 Å². The number of fused-ring (bicyclic) bond motifs is 1. The van der Waals surface area contributed by atoms with Crippen LogP contribution in [0.5, 0.6) is 0 Å². The van der Waals surface area contributed by atoms with Crippen LogP contribution >= 0.6 is 0 Å². The van der Waals surface area contributed by atoms with Gasteiger partial charge in [0, 0.05) is 30.4 Å². The average Bonchev–Trinajstić information content (AvgIpc) is 2.90. The monoisotopic (exact) mass is 296 g/mol. The molecule has 1 atom stereocenters. The summed E-state index contributed by atoms with van der Waals surface area (Å²) in [6, 6.07) is 16.2. The van der Waals surface area contributed by atoms with E-state index in [0.717, 1.165) is 37.1 Å². The van der Waals surface area contributed by atoms with Crippen LogP contribution in [0.3, 0.4) is 0 Å². The van der Waals surface area contributed by atoms with Gasteiger partial charge in [-0.25, -0.2) is 0 Å². The van der Waals surface area contributed by atoms with Gasteiger partial charge >= 0.3 is 0 Å². The fourth-order valence-corrected chi connectivity index (χ4v) is 3.25. The van der Waals surface area contributed by atoms with Gasteiger partial charge in [-0.1, -0.05) is 37.3 Å². The van der Waals surface area contributed by atoms with Gasteiger partial charge in [-0.05, 0) is 36.5 Å². The largest absolute Gasteiger partial charge is 0.368 e. The first-order valence-corrected chi connectivity index (χ1v) is 7.77. The van der Waals surface area contributed by atoms with Gasteiger partial charge in [0.2, 0.25) is 0 Å². The Labute approximate surface area is 130 Å². The van der Waals surface area contributed by atoms with E-state index in [9.17, 15) is 10.1 Å². The maximum Gasteiger partial charge on any atom is 0.269 e. The Kier molecular flexibility index (Phi) is 4.09. The van der Waals surface area contributed by atoms with E-state index in [1.54, 1.807) is 12.1 Å². The molecule has 1 aliphatic heterocycles. The highest BCUT2D eigenvalue weighted by Crippen LogP contribution is 2.35. The lowest BCUT2D eigenvalue weighted by Crippen LogP contribution is -2.33. The summed E-state index contributed by atoms with van der Waals surface area (Å²) >= 11 is 0. The van der Waals surface area contributed by atoms with Crippen LogP contribution in [0.25, 0.3) is 0 Å². The molecular weight excluding hydrogens is 276 g/mol. The van der Waals surface area contributed by atoms with Crippen molar-refractivity contribution in [1.29, 1.82) is 0 Å². The Balaban J connectivity index is 1.80. The minimum Gasteiger partial charge on any atom is -0.368 e. The molecule has 0 bridgehead atoms. The Hall–Kier alpha value is -2.36. The highest BCUT2D eigenvalue weighted by Gasteiger charge is 2.29. The van der Waals surface area contributed by atoms with Crippen LogP contribution in [-0.4, -0.2) is 17.5 Å². The number of non-ortho nitro benzene ring substituents is 1. The summed E-state index contributed by atoms with van der Waals surface area (Å²) in [6.07, 6.45) is 2.95. The lowest BCUT2D eigenvalue weighted by Gasteiger charge is -2.26. The van der Waals surface area contributed by atoms with E-state index in [1.165, 1.54) is 5.56 Å². The van der Waals surface area contributed by atoms with Gasteiger partial charge < -0.3 is 4.90 Å². The van der Waals surface area contributed by atoms with E-state index in [4.69, 9.17) is 0 Å². The van der Waals surface area contributed by atoms with Crippen LogP contribution < -0.4 is 4.90 Å². The SMILES string of the molecule is CC[C@@H]1Cc2cc([N+](=O)[O-])ccc2N1CCc1ccccc1. The minimum atomic E-state index is -0.312. The van der Waals surface area contributed by atoms with E-state index in [1.807, 2.05) is 12.1 Å². The maximum absolute atomic E-state index is 10.9. The molecule has 0 aliphatic carbocycles. The molecule has 2 aromatic rings. The van der Waals surface area contributed by atoms with Gasteiger partial charge in [-0.15, -0.1) is 0 Å². The summed E-state index contributed by atoms with van der Waals surface area (Å²) in [7, 11) is 0. The Morgan fingerprint density at radius 2 is 2.00 bits per heavy atom. The van der Waals surface area contributed by atoms with Crippen molar-refractivity contribution in [3.63, 3.8) is 0 Å². The molecule has 0 spiro atoms. The van der Waals surface area contributed by atoms with Gasteiger partial charge in [-0.3, -0.25) is 10.1 Å². The molecule has 0 fully saturated rings. The lowest BCUT2D eigenvalue weighted by molar-refractivity contribution is -0.384. The predicted molar refractivity (Wildman–Crippen MR) is 88.4 cm³/mol. The van der Waals surface area contributed by atoms with Crippen molar-refractivity contribution < 1.29 is 4.92 Å². The summed E-state index contributed by atoms with van der Waals surface area (Å²) in [4.78, 5) is 13.0. The number of benzene rings is 2. The van der Waals surface area contributed by atoms with Crippen LogP contribution in [0.4, 0.5) is 11.4 Å². The maximum atomic E-state index is 10.9. The number of hydrogen-bond donors (Lipinski definition) is 0. The molecular formula is C18H20N2O2. The van der Waals surface area contributed by atoms with E-state index >= 15 is 0 Å². The summed E-state index contributed by atoms with van der Waals surface area (Å²) in [5.41, 5.74) is 3.79. The molecule has 2 aromatic carbocycles. The first-order chi connectivity index (χ1) is 10.7. The van der Waals surface area contributed by atoms with Crippen molar-refractivity contribution in [2.24, 2.45) is 0 Å². The van der Waals surface area contributed by atoms with E-state index in [2.05, 4.69) is 36.1 Å². The second-order valence-electron chi connectivity index (χ2n) is 5.77. The predicted octanol–water partition coefficient (Wildman–Crippen LogP) is 3.98. The van der Waals surface area contributed by atoms with Crippen molar-refractivity contribution in [1.82, 2.24) is 0 Å². The molecule has 0 N–H and O–H groups in total. The number of nitrogens with zero attached hydrogens (tertiary/aromatic N) is 2. The van der Waals surface area contributed by atoms with Crippen molar-refractivity contribution in [2.45, 2.75) is 32.2 Å². The van der Waals surface area contributed by atoms with Crippen molar-refractivity contribution in [2.75, 3.05) is 11.4 Å². The van der Waals surface area contributed by atoms with Gasteiger partial charge in [-0.2, -0.15) is 0 Å². The quantitative estimate of drug-likeness (QED) is 0.619. The summed E-state index contributed by atoms with van der Waals surface area (Å²) in [5.74, 6) is 0. The third-order valence-electron chi connectivity index (χ3n) is 4.44. The zero-order chi connectivity index (χ0) is 15.5. The summed E-state index contributed by atoms with van der Waals surface area (Å²) < 4.78 is 0. The number of nitro benzene ring substituents is 1. The van der Waals surface area contributed by atoms with Gasteiger partial charge in [0.1, 0.15) is 0 Å². The standard InChI is InChI=1S/C18H20N2O2/c1-2-16-12-15-13-17(20(21)22)8-9-18(15)19(16)11-10-14-6-4-3-5-7-14/h3-9,13,16H,2,10-12H2,1H3/t16-/m1/s1. The molecule has 114 valence electrons. The zero-order valence-corrected chi connectivity index (χ0v) is 12.7. The average molecular weight is 296 g/mol. The number of rotatable bonds is 5. The van der Waals surface area contributed by atoms with Gasteiger partial charge in [0.25, 0.3) is 5.69 Å². The smallest absolute Gasteiger partial charge is 0.269 e. The second-order valence-corrected chi connectivity index (χ2v) is 5.77. The first kappa shape index (κ1) is 14.6. The van der Waals surface area contributed by atoms with Gasteiger partial charge in [0.05, 0.1) is 4.92 Å². The molecule has 0 saturated heterocycles. The fourth-order valence-electron chi connectivity index (χ4n) is 3.25. The zero-order valence-electron chi connectivity index (χ0n) is 12.7. The third-order valence-corrected chi connectivity index (χ3v) is 4.44. The Bertz CT molecular complexity index is 670. The molecule has 22 heavy (non-hydrogen) atoms. The van der Waals surface area contributed by atoms with Crippen LogP contribution in [0.2, 0.25) is 0 Å². The number of nitro groups is 1. The fraction of sp³-hybridized carbons (Fsp3) is 0.333. The second kappa shape index (κ2) is 6.18. The summed E-state index contributed by atoms with van der Waals surface area (Å²) in [6.45, 7) is 3.13. The molecule has 4 heteroatoms. The lowest BCUT2D eigenvalue weighted by atomic mass is 10.1. The van der Waals surface area contributed by atoms with Crippen LogP contribution in [0.1, 0.15) is 24.5 Å². The molecule has 0 saturated carbocycles. The third kappa shape index (κ3) is 2.82. The van der Waals surface area contributed by atoms with Crippen LogP contribution in [0, 0.1) is 10.1 Å². The van der Waals surface area contributed by atoms with Crippen molar-refractivity contribution >= 4 is 11.4 Å². The molecule has 0 amide bonds. The Morgan fingerprint density at radius 1 is 1.23 bits per heavy atom. The molecule has 4 nitrogen and oxygen atoms in total. The molecule has 3 rings (SSSR count). The van der Waals surface area contributed by atoms with E-state index in [-0.39, 0.29) is 10.6 Å². The first-order valence-electron chi connectivity index (χ1n) is 7.77. The highest BCUT2D eigenvalue weighted by molar-refractivity contribution is 5.62. The molecule has 0 unspecified atom stereocenters. The topological polar surface area (TPSA) is 46.4 Å². The molecule has 0 radical (unpaired) electrons. The molecule has 1 heterocycles. The molecule has 0 aromatic heterocycles. The Morgan fingerprint density at radius 3 is 2.68 bits per heavy atom. The number of hydrogen-bond acceptors (Lipinski definition) is 3. The molecule has 1 aliphatic rings. The van der Waals surface area contributed by atoms with E-state index < -0.39 is 0 Å². The summed E-state index contributed by atoms with van der Waals surface area (Å²) in [5, 5.41) is 10.9. The highest BCUT2D eigenvalue weighted by atomic mass is 16.6. The normalized spacial score (nSPS) is 16.6.